The van der Waals surface area contributed by atoms with Gasteiger partial charge in [-0.2, -0.15) is 0 Å². The Bertz CT molecular complexity index is 1330. The molecule has 0 aliphatic carbocycles. The molecule has 1 aliphatic heterocycles. The van der Waals surface area contributed by atoms with Gasteiger partial charge in [-0.1, -0.05) is 48.5 Å². The number of ether oxygens (including phenoxy) is 1. The number of thiophene rings is 1. The monoisotopic (exact) mass is 500 g/mol. The second-order valence-electron chi connectivity index (χ2n) is 8.87. The number of carbonyl (C=O) groups is 2. The van der Waals surface area contributed by atoms with Crippen LogP contribution in [0.5, 0.6) is 0 Å². The first-order chi connectivity index (χ1) is 17.6. The predicted octanol–water partition coefficient (Wildman–Crippen LogP) is 5.17. The van der Waals surface area contributed by atoms with Crippen molar-refractivity contribution >= 4 is 29.1 Å². The van der Waals surface area contributed by atoms with Gasteiger partial charge in [0.15, 0.2) is 0 Å². The van der Waals surface area contributed by atoms with E-state index in [1.165, 1.54) is 11.3 Å². The zero-order valence-electron chi connectivity index (χ0n) is 20.1. The zero-order chi connectivity index (χ0) is 24.9. The normalized spacial score (nSPS) is 15.1. The van der Waals surface area contributed by atoms with Gasteiger partial charge in [-0.15, -0.1) is 11.3 Å². The molecule has 1 N–H and O–H groups in total. The van der Waals surface area contributed by atoms with Gasteiger partial charge in [-0.25, -0.2) is 4.98 Å². The molecule has 8 heteroatoms. The minimum absolute atomic E-state index is 0.0549. The Hall–Kier alpha value is -3.75. The van der Waals surface area contributed by atoms with E-state index in [1.807, 2.05) is 83.7 Å². The number of rotatable bonds is 8. The highest BCUT2D eigenvalue weighted by Gasteiger charge is 2.26. The van der Waals surface area contributed by atoms with Crippen molar-refractivity contribution in [2.75, 3.05) is 25.0 Å². The maximum absolute atomic E-state index is 13.3. The van der Waals surface area contributed by atoms with Gasteiger partial charge in [-0.05, 0) is 48.9 Å². The summed E-state index contributed by atoms with van der Waals surface area (Å²) in [5.41, 5.74) is 3.69. The summed E-state index contributed by atoms with van der Waals surface area (Å²) in [6.07, 6.45) is 3.71. The molecule has 0 saturated carbocycles. The Morgan fingerprint density at radius 3 is 2.72 bits per heavy atom. The topological polar surface area (TPSA) is 76.5 Å². The van der Waals surface area contributed by atoms with Crippen LogP contribution in [0.1, 0.15) is 28.1 Å². The van der Waals surface area contributed by atoms with E-state index < -0.39 is 0 Å². The maximum Gasteiger partial charge on any atom is 0.264 e. The zero-order valence-corrected chi connectivity index (χ0v) is 20.9. The molecule has 0 spiro atoms. The van der Waals surface area contributed by atoms with E-state index in [2.05, 4.69) is 5.32 Å². The molecular weight excluding hydrogens is 472 g/mol. The highest BCUT2D eigenvalue weighted by Crippen LogP contribution is 2.25. The summed E-state index contributed by atoms with van der Waals surface area (Å²) < 4.78 is 7.63. The highest BCUT2D eigenvalue weighted by atomic mass is 32.1. The highest BCUT2D eigenvalue weighted by molar-refractivity contribution is 7.12. The molecule has 7 nitrogen and oxygen atoms in total. The number of imidazole rings is 1. The summed E-state index contributed by atoms with van der Waals surface area (Å²) in [6, 6.07) is 21.5. The molecule has 36 heavy (non-hydrogen) atoms. The molecule has 0 unspecified atom stereocenters. The van der Waals surface area contributed by atoms with Crippen molar-refractivity contribution in [1.82, 2.24) is 14.5 Å². The summed E-state index contributed by atoms with van der Waals surface area (Å²) in [5.74, 6) is -0.0650. The molecular formula is C28H28N4O3S. The summed E-state index contributed by atoms with van der Waals surface area (Å²) in [6.45, 7) is 3.01. The van der Waals surface area contributed by atoms with E-state index in [0.717, 1.165) is 35.3 Å². The molecule has 1 saturated heterocycles. The fourth-order valence-electron chi connectivity index (χ4n) is 4.34. The van der Waals surface area contributed by atoms with Crippen molar-refractivity contribution in [2.24, 2.45) is 0 Å². The molecule has 2 aromatic carbocycles. The first kappa shape index (κ1) is 24.0. The lowest BCUT2D eigenvalue weighted by atomic mass is 10.2. The van der Waals surface area contributed by atoms with Gasteiger partial charge in [0, 0.05) is 30.6 Å². The van der Waals surface area contributed by atoms with Crippen LogP contribution in [0.3, 0.4) is 0 Å². The smallest absolute Gasteiger partial charge is 0.264 e. The standard InChI is InChI=1S/C28H28N4O3S/c1-20-8-5-11-22(16-20)32-18-24(21-9-3-2-4-10-21)29-28(32)30-26(33)19-31(17-23-12-6-14-35-23)27(34)25-13-7-15-36-25/h2-5,7-11,13,15-16,18,23H,6,12,14,17,19H2,1H3,(H,29,30,33)/t23-/m1/s1. The Balaban J connectivity index is 1.40. The number of nitrogens with zero attached hydrogens (tertiary/aromatic N) is 3. The number of hydrogen-bond acceptors (Lipinski definition) is 5. The molecule has 1 aliphatic rings. The van der Waals surface area contributed by atoms with Gasteiger partial charge in [0.2, 0.25) is 11.9 Å². The number of aromatic nitrogens is 2. The SMILES string of the molecule is Cc1cccc(-n2cc(-c3ccccc3)nc2NC(=O)CN(C[C@H]2CCCO2)C(=O)c2cccs2)c1. The van der Waals surface area contributed by atoms with Gasteiger partial charge >= 0.3 is 0 Å². The number of anilines is 1. The van der Waals surface area contributed by atoms with E-state index in [9.17, 15) is 9.59 Å². The average molecular weight is 501 g/mol. The van der Waals surface area contributed by atoms with E-state index in [0.29, 0.717) is 24.0 Å². The number of amides is 2. The number of aryl methyl sites for hydroxylation is 1. The van der Waals surface area contributed by atoms with E-state index in [4.69, 9.17) is 9.72 Å². The summed E-state index contributed by atoms with van der Waals surface area (Å²) in [4.78, 5) is 33.4. The fraction of sp³-hybridized carbons (Fsp3) is 0.250. The lowest BCUT2D eigenvalue weighted by Crippen LogP contribution is -2.42. The largest absolute Gasteiger partial charge is 0.376 e. The molecule has 184 valence electrons. The van der Waals surface area contributed by atoms with E-state index in [-0.39, 0.29) is 24.5 Å². The van der Waals surface area contributed by atoms with Crippen molar-refractivity contribution in [3.05, 3.63) is 88.7 Å². The van der Waals surface area contributed by atoms with Crippen LogP contribution in [0.2, 0.25) is 0 Å². The minimum Gasteiger partial charge on any atom is -0.376 e. The van der Waals surface area contributed by atoms with Crippen molar-refractivity contribution in [3.63, 3.8) is 0 Å². The third-order valence-electron chi connectivity index (χ3n) is 6.11. The molecule has 4 aromatic rings. The third-order valence-corrected chi connectivity index (χ3v) is 6.97. The lowest BCUT2D eigenvalue weighted by Gasteiger charge is -2.24. The van der Waals surface area contributed by atoms with Crippen LogP contribution in [0.4, 0.5) is 5.95 Å². The third kappa shape index (κ3) is 5.56. The average Bonchev–Trinajstić information content (AvgIpc) is 3.66. The molecule has 2 amide bonds. The summed E-state index contributed by atoms with van der Waals surface area (Å²) in [7, 11) is 0. The van der Waals surface area contributed by atoms with Gasteiger partial charge in [0.1, 0.15) is 6.54 Å². The summed E-state index contributed by atoms with van der Waals surface area (Å²) in [5, 5.41) is 4.82. The van der Waals surface area contributed by atoms with Crippen molar-refractivity contribution in [1.29, 1.82) is 0 Å². The Labute approximate surface area is 214 Å². The molecule has 2 aromatic heterocycles. The van der Waals surface area contributed by atoms with Gasteiger partial charge < -0.3 is 9.64 Å². The number of hydrogen-bond donors (Lipinski definition) is 1. The van der Waals surface area contributed by atoms with Crippen LogP contribution in [-0.2, 0) is 9.53 Å². The summed E-state index contributed by atoms with van der Waals surface area (Å²) >= 11 is 1.37. The Morgan fingerprint density at radius 1 is 1.14 bits per heavy atom. The Kier molecular flexibility index (Phi) is 7.25. The second kappa shape index (κ2) is 10.9. The van der Waals surface area contributed by atoms with Crippen LogP contribution >= 0.6 is 11.3 Å². The second-order valence-corrected chi connectivity index (χ2v) is 9.82. The molecule has 5 rings (SSSR count). The van der Waals surface area contributed by atoms with Crippen molar-refractivity contribution in [2.45, 2.75) is 25.9 Å². The first-order valence-corrected chi connectivity index (χ1v) is 12.9. The van der Waals surface area contributed by atoms with E-state index >= 15 is 0 Å². The van der Waals surface area contributed by atoms with Gasteiger partial charge in [0.05, 0.1) is 16.7 Å². The molecule has 0 radical (unpaired) electrons. The van der Waals surface area contributed by atoms with Crippen LogP contribution in [0.25, 0.3) is 16.9 Å². The van der Waals surface area contributed by atoms with E-state index in [1.54, 1.807) is 11.0 Å². The van der Waals surface area contributed by atoms with Crippen LogP contribution in [0, 0.1) is 6.92 Å². The number of carbonyl (C=O) groups excluding carboxylic acids is 2. The molecule has 3 heterocycles. The Morgan fingerprint density at radius 2 is 2.00 bits per heavy atom. The van der Waals surface area contributed by atoms with Crippen LogP contribution in [0.15, 0.2) is 78.3 Å². The van der Waals surface area contributed by atoms with Crippen molar-refractivity contribution in [3.8, 4) is 16.9 Å². The van der Waals surface area contributed by atoms with Crippen LogP contribution in [-0.4, -0.2) is 52.1 Å². The molecule has 0 bridgehead atoms. The number of nitrogens with one attached hydrogen (secondary N) is 1. The quantitative estimate of drug-likeness (QED) is 0.362. The van der Waals surface area contributed by atoms with Gasteiger partial charge in [0.25, 0.3) is 5.91 Å². The van der Waals surface area contributed by atoms with Crippen molar-refractivity contribution < 1.29 is 14.3 Å². The first-order valence-electron chi connectivity index (χ1n) is 12.0. The van der Waals surface area contributed by atoms with Crippen LogP contribution < -0.4 is 5.32 Å². The fourth-order valence-corrected chi connectivity index (χ4v) is 5.03. The molecule has 1 atom stereocenters. The van der Waals surface area contributed by atoms with Gasteiger partial charge in [-0.3, -0.25) is 19.5 Å². The lowest BCUT2D eigenvalue weighted by molar-refractivity contribution is -0.117. The molecule has 1 fully saturated rings. The number of benzene rings is 2. The predicted molar refractivity (Wildman–Crippen MR) is 142 cm³/mol. The minimum atomic E-state index is -0.308. The maximum atomic E-state index is 13.3.